The Morgan fingerprint density at radius 3 is 2.54 bits per heavy atom. The van der Waals surface area contributed by atoms with Gasteiger partial charge in [-0.05, 0) is 37.2 Å². The van der Waals surface area contributed by atoms with Crippen LogP contribution in [0.4, 0.5) is 11.4 Å². The largest absolute Gasteiger partial charge is 0.484 e. The van der Waals surface area contributed by atoms with Gasteiger partial charge < -0.3 is 20.7 Å². The Bertz CT molecular complexity index is 734. The van der Waals surface area contributed by atoms with Crippen LogP contribution in [0.3, 0.4) is 0 Å². The highest BCUT2D eigenvalue weighted by atomic mass is 35.5. The first kappa shape index (κ1) is 19.8. The molecule has 1 aliphatic rings. The van der Waals surface area contributed by atoms with E-state index in [1.54, 1.807) is 24.3 Å². The molecule has 138 valence electrons. The summed E-state index contributed by atoms with van der Waals surface area (Å²) in [5.74, 6) is 0.299. The lowest BCUT2D eigenvalue weighted by molar-refractivity contribution is -0.119. The molecule has 1 fully saturated rings. The number of carbonyl (C=O) groups is 2. The molecule has 1 aliphatic heterocycles. The Balaban J connectivity index is 0.00000243. The average Bonchev–Trinajstić information content (AvgIpc) is 3.16. The maximum absolute atomic E-state index is 12.1. The van der Waals surface area contributed by atoms with Crippen molar-refractivity contribution in [1.29, 1.82) is 0 Å². The lowest BCUT2D eigenvalue weighted by Gasteiger charge is -2.12. The number of carbonyl (C=O) groups excluding carboxylic acids is 2. The Morgan fingerprint density at radius 1 is 1.04 bits per heavy atom. The lowest BCUT2D eigenvalue weighted by atomic mass is 10.1. The summed E-state index contributed by atoms with van der Waals surface area (Å²) in [5, 5.41) is 8.82. The first-order chi connectivity index (χ1) is 12.2. The van der Waals surface area contributed by atoms with Crippen LogP contribution in [0.25, 0.3) is 0 Å². The van der Waals surface area contributed by atoms with Crippen molar-refractivity contribution in [3.8, 4) is 5.75 Å². The molecule has 2 amide bonds. The summed E-state index contributed by atoms with van der Waals surface area (Å²) >= 11 is 0. The van der Waals surface area contributed by atoms with Crippen LogP contribution >= 0.6 is 12.4 Å². The fourth-order valence-electron chi connectivity index (χ4n) is 2.65. The summed E-state index contributed by atoms with van der Waals surface area (Å²) in [7, 11) is 0. The summed E-state index contributed by atoms with van der Waals surface area (Å²) in [4.78, 5) is 24.0. The first-order valence-electron chi connectivity index (χ1n) is 8.30. The highest BCUT2D eigenvalue weighted by Gasteiger charge is 2.22. The zero-order chi connectivity index (χ0) is 17.5. The van der Waals surface area contributed by atoms with Crippen molar-refractivity contribution in [3.63, 3.8) is 0 Å². The molecule has 26 heavy (non-hydrogen) atoms. The van der Waals surface area contributed by atoms with Crippen molar-refractivity contribution in [3.05, 3.63) is 54.6 Å². The van der Waals surface area contributed by atoms with Crippen molar-refractivity contribution >= 4 is 35.6 Å². The zero-order valence-corrected chi connectivity index (χ0v) is 15.1. The van der Waals surface area contributed by atoms with Gasteiger partial charge in [0, 0.05) is 24.0 Å². The number of amides is 2. The monoisotopic (exact) mass is 375 g/mol. The summed E-state index contributed by atoms with van der Waals surface area (Å²) in [6, 6.07) is 16.3. The number of ether oxygens (including phenoxy) is 1. The molecular weight excluding hydrogens is 354 g/mol. The van der Waals surface area contributed by atoms with E-state index < -0.39 is 0 Å². The molecule has 2 aromatic rings. The van der Waals surface area contributed by atoms with Gasteiger partial charge in [-0.25, -0.2) is 0 Å². The molecule has 1 atom stereocenters. The fraction of sp³-hybridized carbons (Fsp3) is 0.263. The van der Waals surface area contributed by atoms with Crippen LogP contribution in [0.15, 0.2) is 54.6 Å². The summed E-state index contributed by atoms with van der Waals surface area (Å²) in [6.45, 7) is 1.48. The number of rotatable bonds is 6. The van der Waals surface area contributed by atoms with Gasteiger partial charge in [0.1, 0.15) is 5.75 Å². The van der Waals surface area contributed by atoms with Crippen molar-refractivity contribution in [2.45, 2.75) is 6.42 Å². The van der Waals surface area contributed by atoms with Crippen LogP contribution in [0, 0.1) is 5.92 Å². The Labute approximate surface area is 158 Å². The molecule has 3 rings (SSSR count). The van der Waals surface area contributed by atoms with Gasteiger partial charge in [0.25, 0.3) is 5.91 Å². The second-order valence-electron chi connectivity index (χ2n) is 5.91. The van der Waals surface area contributed by atoms with E-state index in [2.05, 4.69) is 16.0 Å². The third-order valence-electron chi connectivity index (χ3n) is 3.96. The normalized spacial score (nSPS) is 15.6. The standard InChI is InChI=1S/C19H21N3O3.ClH/c23-18(21-15-5-2-1-3-6-15)13-25-17-8-4-7-16(11-17)22-19(24)14-9-10-20-12-14;/h1-8,11,14,20H,9-10,12-13H2,(H,21,23)(H,22,24);1H. The van der Waals surface area contributed by atoms with E-state index in [4.69, 9.17) is 4.74 Å². The number of hydrogen-bond acceptors (Lipinski definition) is 4. The number of halogens is 1. The number of nitrogens with one attached hydrogen (secondary N) is 3. The SMILES string of the molecule is Cl.O=C(COc1cccc(NC(=O)C2CCNC2)c1)Nc1ccccc1. The molecule has 2 aromatic carbocycles. The van der Waals surface area contributed by atoms with Gasteiger partial charge in [-0.15, -0.1) is 12.4 Å². The van der Waals surface area contributed by atoms with Crippen LogP contribution in [0.1, 0.15) is 6.42 Å². The van der Waals surface area contributed by atoms with Gasteiger partial charge in [-0.1, -0.05) is 24.3 Å². The van der Waals surface area contributed by atoms with E-state index >= 15 is 0 Å². The van der Waals surface area contributed by atoms with Crippen LogP contribution in [-0.2, 0) is 9.59 Å². The Kier molecular flexibility index (Phi) is 7.44. The highest BCUT2D eigenvalue weighted by molar-refractivity contribution is 5.93. The quantitative estimate of drug-likeness (QED) is 0.725. The molecule has 0 spiro atoms. The van der Waals surface area contributed by atoms with E-state index in [-0.39, 0.29) is 36.7 Å². The van der Waals surface area contributed by atoms with Crippen LogP contribution < -0.4 is 20.7 Å². The number of hydrogen-bond donors (Lipinski definition) is 3. The zero-order valence-electron chi connectivity index (χ0n) is 14.2. The van der Waals surface area contributed by atoms with Crippen LogP contribution in [0.5, 0.6) is 5.75 Å². The third-order valence-corrected chi connectivity index (χ3v) is 3.96. The van der Waals surface area contributed by atoms with Gasteiger partial charge in [-0.3, -0.25) is 9.59 Å². The Morgan fingerprint density at radius 2 is 1.81 bits per heavy atom. The first-order valence-corrected chi connectivity index (χ1v) is 8.30. The fourth-order valence-corrected chi connectivity index (χ4v) is 2.65. The minimum absolute atomic E-state index is 0. The third kappa shape index (κ3) is 5.75. The number of anilines is 2. The predicted molar refractivity (Wildman–Crippen MR) is 104 cm³/mol. The van der Waals surface area contributed by atoms with Gasteiger partial charge in [0.2, 0.25) is 5.91 Å². The van der Waals surface area contributed by atoms with Gasteiger partial charge in [0.05, 0.1) is 5.92 Å². The summed E-state index contributed by atoms with van der Waals surface area (Å²) < 4.78 is 5.51. The minimum Gasteiger partial charge on any atom is -0.484 e. The van der Waals surface area contributed by atoms with E-state index in [0.29, 0.717) is 18.0 Å². The molecule has 3 N–H and O–H groups in total. The van der Waals surface area contributed by atoms with Crippen molar-refractivity contribution in [2.75, 3.05) is 30.3 Å². The molecule has 1 heterocycles. The predicted octanol–water partition coefficient (Wildman–Crippen LogP) is 2.67. The van der Waals surface area contributed by atoms with Gasteiger partial charge >= 0.3 is 0 Å². The summed E-state index contributed by atoms with van der Waals surface area (Å²) in [5.41, 5.74) is 1.39. The number of para-hydroxylation sites is 1. The van der Waals surface area contributed by atoms with Crippen molar-refractivity contribution in [1.82, 2.24) is 5.32 Å². The smallest absolute Gasteiger partial charge is 0.262 e. The van der Waals surface area contributed by atoms with Crippen molar-refractivity contribution in [2.24, 2.45) is 5.92 Å². The molecule has 1 unspecified atom stereocenters. The molecular formula is C19H22ClN3O3. The van der Waals surface area contributed by atoms with E-state index in [9.17, 15) is 9.59 Å². The molecule has 0 radical (unpaired) electrons. The van der Waals surface area contributed by atoms with Gasteiger partial charge in [0.15, 0.2) is 6.61 Å². The maximum atomic E-state index is 12.1. The maximum Gasteiger partial charge on any atom is 0.262 e. The van der Waals surface area contributed by atoms with Gasteiger partial charge in [-0.2, -0.15) is 0 Å². The van der Waals surface area contributed by atoms with E-state index in [1.165, 1.54) is 0 Å². The Hall–Kier alpha value is -2.57. The second kappa shape index (κ2) is 9.79. The summed E-state index contributed by atoms with van der Waals surface area (Å²) in [6.07, 6.45) is 0.849. The molecule has 0 aromatic heterocycles. The highest BCUT2D eigenvalue weighted by Crippen LogP contribution is 2.19. The van der Waals surface area contributed by atoms with E-state index in [1.807, 2.05) is 30.3 Å². The van der Waals surface area contributed by atoms with E-state index in [0.717, 1.165) is 18.7 Å². The number of benzene rings is 2. The minimum atomic E-state index is -0.238. The molecule has 7 heteroatoms. The average molecular weight is 376 g/mol. The van der Waals surface area contributed by atoms with Crippen LogP contribution in [-0.4, -0.2) is 31.5 Å². The molecule has 1 saturated heterocycles. The molecule has 6 nitrogen and oxygen atoms in total. The second-order valence-corrected chi connectivity index (χ2v) is 5.91. The van der Waals surface area contributed by atoms with Crippen molar-refractivity contribution < 1.29 is 14.3 Å². The molecule has 0 bridgehead atoms. The molecule has 0 aliphatic carbocycles. The topological polar surface area (TPSA) is 79.5 Å². The van der Waals surface area contributed by atoms with Crippen LogP contribution in [0.2, 0.25) is 0 Å². The lowest BCUT2D eigenvalue weighted by Crippen LogP contribution is -2.24. The molecule has 0 saturated carbocycles.